The van der Waals surface area contributed by atoms with Crippen LogP contribution in [0.5, 0.6) is 0 Å². The highest BCUT2D eigenvalue weighted by Crippen LogP contribution is 2.38. The molecular formula is C14H18O. The maximum atomic E-state index is 10.7. The lowest BCUT2D eigenvalue weighted by molar-refractivity contribution is -0.108. The second-order valence-corrected chi connectivity index (χ2v) is 4.46. The van der Waals surface area contributed by atoms with Gasteiger partial charge in [0, 0.05) is 6.42 Å². The van der Waals surface area contributed by atoms with Crippen molar-refractivity contribution in [2.45, 2.75) is 38.0 Å². The van der Waals surface area contributed by atoms with E-state index in [9.17, 15) is 4.79 Å². The van der Waals surface area contributed by atoms with Gasteiger partial charge in [0.1, 0.15) is 6.29 Å². The fourth-order valence-corrected chi connectivity index (χ4v) is 2.76. The summed E-state index contributed by atoms with van der Waals surface area (Å²) in [7, 11) is 0. The first-order valence-corrected chi connectivity index (χ1v) is 5.90. The van der Waals surface area contributed by atoms with Crippen LogP contribution in [-0.2, 0) is 4.79 Å². The van der Waals surface area contributed by atoms with Crippen molar-refractivity contribution in [3.63, 3.8) is 0 Å². The molecule has 1 saturated carbocycles. The zero-order valence-electron chi connectivity index (χ0n) is 9.06. The molecule has 0 saturated heterocycles. The molecule has 15 heavy (non-hydrogen) atoms. The maximum Gasteiger partial charge on any atom is 0.120 e. The lowest BCUT2D eigenvalue weighted by Gasteiger charge is -2.21. The first-order chi connectivity index (χ1) is 7.42. The Morgan fingerprint density at radius 3 is 2.47 bits per heavy atom. The van der Waals surface area contributed by atoms with E-state index in [1.165, 1.54) is 31.2 Å². The van der Waals surface area contributed by atoms with Crippen LogP contribution in [0.4, 0.5) is 0 Å². The molecule has 0 heterocycles. The van der Waals surface area contributed by atoms with Gasteiger partial charge in [-0.2, -0.15) is 0 Å². The van der Waals surface area contributed by atoms with Crippen molar-refractivity contribution in [3.8, 4) is 0 Å². The van der Waals surface area contributed by atoms with Gasteiger partial charge in [-0.15, -0.1) is 0 Å². The third-order valence-electron chi connectivity index (χ3n) is 3.55. The minimum Gasteiger partial charge on any atom is -0.303 e. The number of carbonyl (C=O) groups excluding carboxylic acids is 1. The summed E-state index contributed by atoms with van der Waals surface area (Å²) < 4.78 is 0. The average Bonchev–Trinajstić information content (AvgIpc) is 2.80. The SMILES string of the molecule is O=CC[C@@H](c1ccccc1)C1CCCC1. The normalized spacial score (nSPS) is 18.9. The summed E-state index contributed by atoms with van der Waals surface area (Å²) in [6.45, 7) is 0. The van der Waals surface area contributed by atoms with Gasteiger partial charge in [-0.05, 0) is 30.2 Å². The first-order valence-electron chi connectivity index (χ1n) is 5.90. The van der Waals surface area contributed by atoms with Gasteiger partial charge in [0.25, 0.3) is 0 Å². The summed E-state index contributed by atoms with van der Waals surface area (Å²) in [5.74, 6) is 1.20. The third kappa shape index (κ3) is 2.47. The van der Waals surface area contributed by atoms with Crippen LogP contribution in [-0.4, -0.2) is 6.29 Å². The summed E-state index contributed by atoms with van der Waals surface area (Å²) in [5.41, 5.74) is 1.34. The van der Waals surface area contributed by atoms with E-state index < -0.39 is 0 Å². The molecule has 1 aliphatic carbocycles. The first kappa shape index (κ1) is 10.4. The molecule has 1 aromatic rings. The van der Waals surface area contributed by atoms with E-state index >= 15 is 0 Å². The minimum absolute atomic E-state index is 0.464. The number of benzene rings is 1. The lowest BCUT2D eigenvalue weighted by Crippen LogP contribution is -2.10. The van der Waals surface area contributed by atoms with Gasteiger partial charge in [-0.3, -0.25) is 0 Å². The molecule has 0 unspecified atom stereocenters. The van der Waals surface area contributed by atoms with Crippen LogP contribution in [0.15, 0.2) is 30.3 Å². The Kier molecular flexibility index (Phi) is 3.54. The predicted octanol–water partition coefficient (Wildman–Crippen LogP) is 3.55. The van der Waals surface area contributed by atoms with Crippen LogP contribution < -0.4 is 0 Å². The molecule has 1 heteroatoms. The molecule has 0 N–H and O–H groups in total. The number of aldehydes is 1. The van der Waals surface area contributed by atoms with Gasteiger partial charge in [0.15, 0.2) is 0 Å². The van der Waals surface area contributed by atoms with Crippen molar-refractivity contribution in [3.05, 3.63) is 35.9 Å². The molecular weight excluding hydrogens is 184 g/mol. The van der Waals surface area contributed by atoms with Crippen molar-refractivity contribution >= 4 is 6.29 Å². The maximum absolute atomic E-state index is 10.7. The van der Waals surface area contributed by atoms with Gasteiger partial charge in [-0.1, -0.05) is 43.2 Å². The van der Waals surface area contributed by atoms with Crippen LogP contribution >= 0.6 is 0 Å². The summed E-state index contributed by atoms with van der Waals surface area (Å²) in [6.07, 6.45) is 7.05. The van der Waals surface area contributed by atoms with Crippen molar-refractivity contribution in [1.29, 1.82) is 0 Å². The van der Waals surface area contributed by atoms with Crippen LogP contribution in [0.25, 0.3) is 0 Å². The van der Waals surface area contributed by atoms with Crippen molar-refractivity contribution in [2.24, 2.45) is 5.92 Å². The Hall–Kier alpha value is -1.11. The van der Waals surface area contributed by atoms with Crippen molar-refractivity contribution < 1.29 is 4.79 Å². The number of hydrogen-bond donors (Lipinski definition) is 0. The second kappa shape index (κ2) is 5.11. The van der Waals surface area contributed by atoms with Crippen molar-refractivity contribution in [2.75, 3.05) is 0 Å². The van der Waals surface area contributed by atoms with Crippen LogP contribution in [0.1, 0.15) is 43.6 Å². The summed E-state index contributed by atoms with van der Waals surface area (Å²) in [5, 5.41) is 0. The smallest absolute Gasteiger partial charge is 0.120 e. The van der Waals surface area contributed by atoms with E-state index in [0.29, 0.717) is 12.3 Å². The van der Waals surface area contributed by atoms with E-state index in [4.69, 9.17) is 0 Å². The molecule has 0 aliphatic heterocycles. The lowest BCUT2D eigenvalue weighted by atomic mass is 9.83. The second-order valence-electron chi connectivity index (χ2n) is 4.46. The topological polar surface area (TPSA) is 17.1 Å². The molecule has 2 rings (SSSR count). The molecule has 1 atom stereocenters. The highest BCUT2D eigenvalue weighted by atomic mass is 16.1. The Balaban J connectivity index is 2.15. The Morgan fingerprint density at radius 2 is 1.87 bits per heavy atom. The minimum atomic E-state index is 0.464. The highest BCUT2D eigenvalue weighted by Gasteiger charge is 2.25. The van der Waals surface area contributed by atoms with Gasteiger partial charge in [0.05, 0.1) is 0 Å². The molecule has 1 aromatic carbocycles. The molecule has 0 bridgehead atoms. The zero-order valence-corrected chi connectivity index (χ0v) is 9.06. The summed E-state index contributed by atoms with van der Waals surface area (Å²) in [4.78, 5) is 10.7. The van der Waals surface area contributed by atoms with E-state index in [1.807, 2.05) is 6.07 Å². The fraction of sp³-hybridized carbons (Fsp3) is 0.500. The number of rotatable bonds is 4. The van der Waals surface area contributed by atoms with E-state index in [-0.39, 0.29) is 0 Å². The fourth-order valence-electron chi connectivity index (χ4n) is 2.76. The van der Waals surface area contributed by atoms with Gasteiger partial charge in [-0.25, -0.2) is 0 Å². The van der Waals surface area contributed by atoms with Crippen LogP contribution in [0, 0.1) is 5.92 Å². The molecule has 0 aromatic heterocycles. The predicted molar refractivity (Wildman–Crippen MR) is 61.8 cm³/mol. The summed E-state index contributed by atoms with van der Waals surface area (Å²) >= 11 is 0. The van der Waals surface area contributed by atoms with E-state index in [1.54, 1.807) is 0 Å². The number of hydrogen-bond acceptors (Lipinski definition) is 1. The molecule has 0 radical (unpaired) electrons. The van der Waals surface area contributed by atoms with E-state index in [0.717, 1.165) is 12.2 Å². The monoisotopic (exact) mass is 202 g/mol. The van der Waals surface area contributed by atoms with Crippen molar-refractivity contribution in [1.82, 2.24) is 0 Å². The molecule has 0 amide bonds. The van der Waals surface area contributed by atoms with Crippen LogP contribution in [0.3, 0.4) is 0 Å². The quantitative estimate of drug-likeness (QED) is 0.682. The third-order valence-corrected chi connectivity index (χ3v) is 3.55. The largest absolute Gasteiger partial charge is 0.303 e. The molecule has 0 spiro atoms. The Morgan fingerprint density at radius 1 is 1.20 bits per heavy atom. The van der Waals surface area contributed by atoms with Gasteiger partial charge in [0.2, 0.25) is 0 Å². The molecule has 1 fully saturated rings. The Bertz CT molecular complexity index is 298. The average molecular weight is 202 g/mol. The standard InChI is InChI=1S/C14H18O/c15-11-10-14(13-8-4-5-9-13)12-6-2-1-3-7-12/h1-3,6-7,11,13-14H,4-5,8-10H2/t14-/m0/s1. The highest BCUT2D eigenvalue weighted by molar-refractivity contribution is 5.51. The van der Waals surface area contributed by atoms with Gasteiger partial charge >= 0.3 is 0 Å². The molecule has 1 aliphatic rings. The van der Waals surface area contributed by atoms with Gasteiger partial charge < -0.3 is 4.79 Å². The molecule has 80 valence electrons. The van der Waals surface area contributed by atoms with E-state index in [2.05, 4.69) is 24.3 Å². The van der Waals surface area contributed by atoms with Crippen LogP contribution in [0.2, 0.25) is 0 Å². The zero-order chi connectivity index (χ0) is 10.5. The summed E-state index contributed by atoms with van der Waals surface area (Å²) in [6, 6.07) is 10.5. The molecule has 1 nitrogen and oxygen atoms in total. The Labute approximate surface area is 91.5 Å². The number of carbonyl (C=O) groups is 1.